The van der Waals surface area contributed by atoms with Gasteiger partial charge in [-0.15, -0.1) is 0 Å². The zero-order valence-corrected chi connectivity index (χ0v) is 12.6. The Balaban J connectivity index is 1.88. The number of amides is 4. The van der Waals surface area contributed by atoms with Crippen molar-refractivity contribution in [3.63, 3.8) is 0 Å². The molecule has 7 heteroatoms. The van der Waals surface area contributed by atoms with Gasteiger partial charge in [0.05, 0.1) is 17.7 Å². The molecule has 7 nitrogen and oxygen atoms in total. The van der Waals surface area contributed by atoms with E-state index >= 15 is 0 Å². The fourth-order valence-corrected chi connectivity index (χ4v) is 2.76. The first-order valence-corrected chi connectivity index (χ1v) is 7.51. The van der Waals surface area contributed by atoms with E-state index in [0.29, 0.717) is 12.4 Å². The highest BCUT2D eigenvalue weighted by Gasteiger charge is 2.44. The second kappa shape index (κ2) is 5.83. The van der Waals surface area contributed by atoms with Gasteiger partial charge < -0.3 is 4.74 Å². The number of ether oxygens (including phenoxy) is 1. The quantitative estimate of drug-likeness (QED) is 0.832. The average molecular weight is 316 g/mol. The Hall–Kier alpha value is -2.70. The minimum atomic E-state index is -0.944. The summed E-state index contributed by atoms with van der Waals surface area (Å²) in [5.74, 6) is -1.53. The van der Waals surface area contributed by atoms with E-state index in [2.05, 4.69) is 5.32 Å². The summed E-state index contributed by atoms with van der Waals surface area (Å²) >= 11 is 0. The third-order valence-corrected chi connectivity index (χ3v) is 3.88. The van der Waals surface area contributed by atoms with Gasteiger partial charge in [-0.2, -0.15) is 0 Å². The molecule has 1 N–H and O–H groups in total. The van der Waals surface area contributed by atoms with Crippen molar-refractivity contribution in [3.05, 3.63) is 29.3 Å². The van der Waals surface area contributed by atoms with E-state index in [1.54, 1.807) is 6.07 Å². The van der Waals surface area contributed by atoms with E-state index in [4.69, 9.17) is 4.74 Å². The molecule has 2 heterocycles. The lowest BCUT2D eigenvalue weighted by Gasteiger charge is -2.27. The lowest BCUT2D eigenvalue weighted by Crippen LogP contribution is -2.54. The maximum Gasteiger partial charge on any atom is 0.262 e. The van der Waals surface area contributed by atoms with E-state index in [1.165, 1.54) is 12.1 Å². The van der Waals surface area contributed by atoms with Gasteiger partial charge in [0, 0.05) is 6.42 Å². The number of fused-ring (bicyclic) bond motifs is 1. The Morgan fingerprint density at radius 3 is 2.61 bits per heavy atom. The second-order valence-electron chi connectivity index (χ2n) is 5.50. The Morgan fingerprint density at radius 2 is 1.91 bits per heavy atom. The van der Waals surface area contributed by atoms with Crippen molar-refractivity contribution in [2.75, 3.05) is 6.61 Å². The summed E-state index contributed by atoms with van der Waals surface area (Å²) in [5, 5.41) is 2.16. The van der Waals surface area contributed by atoms with Gasteiger partial charge >= 0.3 is 0 Å². The summed E-state index contributed by atoms with van der Waals surface area (Å²) in [6.07, 6.45) is 1.08. The van der Waals surface area contributed by atoms with Gasteiger partial charge in [-0.05, 0) is 31.0 Å². The molecule has 4 amide bonds. The fourth-order valence-electron chi connectivity index (χ4n) is 2.76. The second-order valence-corrected chi connectivity index (χ2v) is 5.50. The van der Waals surface area contributed by atoms with Crippen LogP contribution in [-0.4, -0.2) is 41.2 Å². The Bertz CT molecular complexity index is 712. The number of nitrogens with zero attached hydrogens (tertiary/aromatic N) is 1. The van der Waals surface area contributed by atoms with Crippen LogP contribution in [0.3, 0.4) is 0 Å². The van der Waals surface area contributed by atoms with E-state index in [9.17, 15) is 19.2 Å². The molecule has 0 aromatic heterocycles. The molecule has 1 aromatic rings. The SMILES string of the molecule is CCCOc1ccc2c(c1)C(=O)N(C1CCC(=O)NC1=O)C2=O. The van der Waals surface area contributed by atoms with Crippen LogP contribution < -0.4 is 10.1 Å². The minimum Gasteiger partial charge on any atom is -0.494 e. The van der Waals surface area contributed by atoms with Crippen LogP contribution in [0.25, 0.3) is 0 Å². The molecule has 2 aliphatic rings. The highest BCUT2D eigenvalue weighted by molar-refractivity contribution is 6.23. The first kappa shape index (κ1) is 15.2. The van der Waals surface area contributed by atoms with Crippen LogP contribution in [0.15, 0.2) is 18.2 Å². The number of carbonyl (C=O) groups is 4. The molecular weight excluding hydrogens is 300 g/mol. The molecular formula is C16H16N2O5. The molecule has 0 saturated carbocycles. The van der Waals surface area contributed by atoms with Crippen LogP contribution in [0, 0.1) is 0 Å². The van der Waals surface area contributed by atoms with Gasteiger partial charge in [0.1, 0.15) is 11.8 Å². The van der Waals surface area contributed by atoms with Gasteiger partial charge in [0.25, 0.3) is 11.8 Å². The van der Waals surface area contributed by atoms with Crippen molar-refractivity contribution in [2.45, 2.75) is 32.2 Å². The molecule has 1 aromatic carbocycles. The van der Waals surface area contributed by atoms with Gasteiger partial charge in [0.15, 0.2) is 0 Å². The number of nitrogens with one attached hydrogen (secondary N) is 1. The fraction of sp³-hybridized carbons (Fsp3) is 0.375. The average Bonchev–Trinajstić information content (AvgIpc) is 2.77. The number of benzene rings is 1. The first-order valence-electron chi connectivity index (χ1n) is 7.51. The molecule has 1 unspecified atom stereocenters. The molecule has 120 valence electrons. The molecule has 0 bridgehead atoms. The molecule has 0 spiro atoms. The van der Waals surface area contributed by atoms with Gasteiger partial charge in [-0.1, -0.05) is 6.92 Å². The molecule has 1 atom stereocenters. The van der Waals surface area contributed by atoms with E-state index in [1.807, 2.05) is 6.92 Å². The highest BCUT2D eigenvalue weighted by Crippen LogP contribution is 2.30. The third kappa shape index (κ3) is 2.58. The Morgan fingerprint density at radius 1 is 1.17 bits per heavy atom. The van der Waals surface area contributed by atoms with Gasteiger partial charge in [-0.3, -0.25) is 29.4 Å². The van der Waals surface area contributed by atoms with Crippen molar-refractivity contribution in [3.8, 4) is 5.75 Å². The smallest absolute Gasteiger partial charge is 0.262 e. The number of piperidine rings is 1. The molecule has 2 aliphatic heterocycles. The lowest BCUT2D eigenvalue weighted by atomic mass is 10.0. The maximum atomic E-state index is 12.5. The Labute approximate surface area is 132 Å². The first-order chi connectivity index (χ1) is 11.0. The molecule has 0 radical (unpaired) electrons. The highest BCUT2D eigenvalue weighted by atomic mass is 16.5. The molecule has 1 saturated heterocycles. The zero-order chi connectivity index (χ0) is 16.6. The van der Waals surface area contributed by atoms with Crippen molar-refractivity contribution < 1.29 is 23.9 Å². The lowest BCUT2D eigenvalue weighted by molar-refractivity contribution is -0.136. The Kier molecular flexibility index (Phi) is 3.85. The third-order valence-electron chi connectivity index (χ3n) is 3.88. The van der Waals surface area contributed by atoms with E-state index < -0.39 is 29.7 Å². The van der Waals surface area contributed by atoms with Crippen LogP contribution >= 0.6 is 0 Å². The van der Waals surface area contributed by atoms with Crippen LogP contribution in [0.1, 0.15) is 46.9 Å². The predicted molar refractivity (Wildman–Crippen MR) is 78.9 cm³/mol. The van der Waals surface area contributed by atoms with Crippen LogP contribution in [0.2, 0.25) is 0 Å². The summed E-state index contributed by atoms with van der Waals surface area (Å²) in [6, 6.07) is 3.75. The maximum absolute atomic E-state index is 12.5. The number of carbonyl (C=O) groups excluding carboxylic acids is 4. The summed E-state index contributed by atoms with van der Waals surface area (Å²) in [7, 11) is 0. The van der Waals surface area contributed by atoms with Crippen LogP contribution in [0.5, 0.6) is 5.75 Å². The number of hydrogen-bond donors (Lipinski definition) is 1. The summed E-state index contributed by atoms with van der Waals surface area (Å²) in [4.78, 5) is 49.1. The normalized spacial score (nSPS) is 20.6. The monoisotopic (exact) mass is 316 g/mol. The van der Waals surface area contributed by atoms with Crippen molar-refractivity contribution in [1.29, 1.82) is 0 Å². The van der Waals surface area contributed by atoms with Crippen molar-refractivity contribution in [2.24, 2.45) is 0 Å². The van der Waals surface area contributed by atoms with Crippen molar-refractivity contribution >= 4 is 23.6 Å². The summed E-state index contributed by atoms with van der Waals surface area (Å²) in [5.41, 5.74) is 0.483. The molecule has 23 heavy (non-hydrogen) atoms. The number of rotatable bonds is 4. The largest absolute Gasteiger partial charge is 0.494 e. The van der Waals surface area contributed by atoms with E-state index in [-0.39, 0.29) is 24.0 Å². The molecule has 3 rings (SSSR count). The molecule has 1 fully saturated rings. The number of hydrogen-bond acceptors (Lipinski definition) is 5. The predicted octanol–water partition coefficient (Wildman–Crippen LogP) is 0.877. The number of imide groups is 2. The minimum absolute atomic E-state index is 0.106. The topological polar surface area (TPSA) is 92.8 Å². The van der Waals surface area contributed by atoms with Crippen molar-refractivity contribution in [1.82, 2.24) is 10.2 Å². The standard InChI is InChI=1S/C16H16N2O5/c1-2-7-23-9-3-4-10-11(8-9)16(22)18(15(10)21)12-5-6-13(19)17-14(12)20/h3-4,8,12H,2,5-7H2,1H3,(H,17,19,20). The summed E-state index contributed by atoms with van der Waals surface area (Å²) < 4.78 is 5.47. The van der Waals surface area contributed by atoms with Gasteiger partial charge in [0.2, 0.25) is 11.8 Å². The van der Waals surface area contributed by atoms with Crippen LogP contribution in [0.4, 0.5) is 0 Å². The van der Waals surface area contributed by atoms with Gasteiger partial charge in [-0.25, -0.2) is 0 Å². The molecule has 0 aliphatic carbocycles. The van der Waals surface area contributed by atoms with Crippen LogP contribution in [-0.2, 0) is 9.59 Å². The zero-order valence-electron chi connectivity index (χ0n) is 12.6. The van der Waals surface area contributed by atoms with E-state index in [0.717, 1.165) is 11.3 Å². The summed E-state index contributed by atoms with van der Waals surface area (Å²) in [6.45, 7) is 2.48.